The number of hydrogen-bond acceptors (Lipinski definition) is 3. The Morgan fingerprint density at radius 1 is 1.50 bits per heavy atom. The normalized spacial score (nSPS) is 12.6. The fourth-order valence-corrected chi connectivity index (χ4v) is 2.56. The molecule has 0 amide bonds. The minimum atomic E-state index is 0.311. The number of hydrogen-bond donors (Lipinski definition) is 1. The van der Waals surface area contributed by atoms with Gasteiger partial charge in [-0.3, -0.25) is 4.98 Å². The van der Waals surface area contributed by atoms with Crippen LogP contribution in [0.25, 0.3) is 0 Å². The quantitative estimate of drug-likeness (QED) is 0.903. The van der Waals surface area contributed by atoms with Crippen molar-refractivity contribution in [3.63, 3.8) is 0 Å². The lowest BCUT2D eigenvalue weighted by Gasteiger charge is -2.15. The lowest BCUT2D eigenvalue weighted by molar-refractivity contribution is 0.594. The summed E-state index contributed by atoms with van der Waals surface area (Å²) in [6.45, 7) is 0. The predicted octanol–water partition coefficient (Wildman–Crippen LogP) is 3.30. The zero-order valence-corrected chi connectivity index (χ0v) is 10.6. The first-order chi connectivity index (χ1) is 7.81. The fourth-order valence-electron chi connectivity index (χ4n) is 1.65. The number of likely N-dealkylation sites (N-methyl/N-ethyl adjacent to an activating group) is 1. The molecule has 0 bridgehead atoms. The van der Waals surface area contributed by atoms with Crippen molar-refractivity contribution in [2.45, 2.75) is 12.5 Å². The third kappa shape index (κ3) is 2.61. The van der Waals surface area contributed by atoms with Gasteiger partial charge in [-0.2, -0.15) is 11.3 Å². The van der Waals surface area contributed by atoms with Crippen LogP contribution in [0.15, 0.2) is 35.3 Å². The maximum Gasteiger partial charge on any atom is 0.0622 e. The molecular weight excluding hydrogens is 240 g/mol. The first-order valence-corrected chi connectivity index (χ1v) is 6.41. The number of nitrogens with zero attached hydrogens (tertiary/aromatic N) is 1. The largest absolute Gasteiger partial charge is 0.313 e. The van der Waals surface area contributed by atoms with Crippen LogP contribution in [0, 0.1) is 0 Å². The van der Waals surface area contributed by atoms with Crippen LogP contribution in [-0.2, 0) is 6.42 Å². The summed E-state index contributed by atoms with van der Waals surface area (Å²) < 4.78 is 0. The second-order valence-corrected chi connectivity index (χ2v) is 4.76. The molecular formula is C12H13ClN2S. The van der Waals surface area contributed by atoms with Crippen molar-refractivity contribution in [1.82, 2.24) is 10.3 Å². The van der Waals surface area contributed by atoms with Gasteiger partial charge in [0.05, 0.1) is 5.02 Å². The Morgan fingerprint density at radius 3 is 3.00 bits per heavy atom. The van der Waals surface area contributed by atoms with Gasteiger partial charge in [0.25, 0.3) is 0 Å². The Balaban J connectivity index is 2.17. The third-order valence-corrected chi connectivity index (χ3v) is 3.62. The zero-order chi connectivity index (χ0) is 11.4. The van der Waals surface area contributed by atoms with Crippen molar-refractivity contribution in [2.24, 2.45) is 0 Å². The highest BCUT2D eigenvalue weighted by Crippen LogP contribution is 2.23. The molecule has 84 valence electrons. The van der Waals surface area contributed by atoms with Crippen LogP contribution in [-0.4, -0.2) is 12.0 Å². The van der Waals surface area contributed by atoms with E-state index < -0.39 is 0 Å². The number of rotatable bonds is 4. The SMILES string of the molecule is CNC(Cc1ccncc1Cl)c1ccsc1. The van der Waals surface area contributed by atoms with E-state index in [0.29, 0.717) is 6.04 Å². The molecule has 2 nitrogen and oxygen atoms in total. The van der Waals surface area contributed by atoms with Crippen molar-refractivity contribution in [3.05, 3.63) is 51.4 Å². The monoisotopic (exact) mass is 252 g/mol. The van der Waals surface area contributed by atoms with Crippen LogP contribution in [0.2, 0.25) is 5.02 Å². The van der Waals surface area contributed by atoms with Crippen LogP contribution in [0.4, 0.5) is 0 Å². The van der Waals surface area contributed by atoms with Gasteiger partial charge in [-0.15, -0.1) is 0 Å². The summed E-state index contributed by atoms with van der Waals surface area (Å²) in [5.41, 5.74) is 2.43. The maximum atomic E-state index is 6.10. The van der Waals surface area contributed by atoms with E-state index in [2.05, 4.69) is 27.1 Å². The van der Waals surface area contributed by atoms with E-state index in [9.17, 15) is 0 Å². The Bertz CT molecular complexity index is 442. The second kappa shape index (κ2) is 5.43. The molecule has 4 heteroatoms. The average Bonchev–Trinajstić information content (AvgIpc) is 2.81. The highest BCUT2D eigenvalue weighted by atomic mass is 35.5. The van der Waals surface area contributed by atoms with Gasteiger partial charge in [-0.1, -0.05) is 11.6 Å². The van der Waals surface area contributed by atoms with Gasteiger partial charge >= 0.3 is 0 Å². The topological polar surface area (TPSA) is 24.9 Å². The lowest BCUT2D eigenvalue weighted by Crippen LogP contribution is -2.18. The molecule has 0 fully saturated rings. The Hall–Kier alpha value is -0.900. The first kappa shape index (κ1) is 11.6. The molecule has 2 rings (SSSR count). The molecule has 1 unspecified atom stereocenters. The number of aromatic nitrogens is 1. The summed E-state index contributed by atoms with van der Waals surface area (Å²) in [6.07, 6.45) is 4.35. The number of pyridine rings is 1. The number of thiophene rings is 1. The summed E-state index contributed by atoms with van der Waals surface area (Å²) >= 11 is 7.81. The van der Waals surface area contributed by atoms with Crippen molar-refractivity contribution >= 4 is 22.9 Å². The van der Waals surface area contributed by atoms with E-state index in [1.807, 2.05) is 13.1 Å². The summed E-state index contributed by atoms with van der Waals surface area (Å²) in [5, 5.41) is 8.30. The van der Waals surface area contributed by atoms with Gasteiger partial charge in [0, 0.05) is 18.4 Å². The molecule has 2 aromatic rings. The van der Waals surface area contributed by atoms with Gasteiger partial charge in [-0.25, -0.2) is 0 Å². The Morgan fingerprint density at radius 2 is 2.38 bits per heavy atom. The predicted molar refractivity (Wildman–Crippen MR) is 69.1 cm³/mol. The van der Waals surface area contributed by atoms with E-state index in [4.69, 9.17) is 11.6 Å². The Kier molecular flexibility index (Phi) is 3.93. The summed E-state index contributed by atoms with van der Waals surface area (Å²) in [7, 11) is 1.97. The van der Waals surface area contributed by atoms with Gasteiger partial charge in [0.2, 0.25) is 0 Å². The maximum absolute atomic E-state index is 6.10. The van der Waals surface area contributed by atoms with E-state index in [-0.39, 0.29) is 0 Å². The summed E-state index contributed by atoms with van der Waals surface area (Å²) in [5.74, 6) is 0. The van der Waals surface area contributed by atoms with E-state index in [1.165, 1.54) is 5.56 Å². The van der Waals surface area contributed by atoms with Gasteiger partial charge in [0.15, 0.2) is 0 Å². The van der Waals surface area contributed by atoms with Gasteiger partial charge in [-0.05, 0) is 47.5 Å². The summed E-state index contributed by atoms with van der Waals surface area (Å²) in [6, 6.07) is 4.42. The minimum absolute atomic E-state index is 0.311. The number of nitrogens with one attached hydrogen (secondary N) is 1. The smallest absolute Gasteiger partial charge is 0.0622 e. The van der Waals surface area contributed by atoms with Crippen molar-refractivity contribution in [2.75, 3.05) is 7.05 Å². The van der Waals surface area contributed by atoms with Crippen molar-refractivity contribution in [3.8, 4) is 0 Å². The van der Waals surface area contributed by atoms with Crippen LogP contribution < -0.4 is 5.32 Å². The second-order valence-electron chi connectivity index (χ2n) is 3.57. The molecule has 1 atom stereocenters. The molecule has 16 heavy (non-hydrogen) atoms. The molecule has 0 radical (unpaired) electrons. The zero-order valence-electron chi connectivity index (χ0n) is 8.98. The van der Waals surface area contributed by atoms with Crippen LogP contribution in [0.5, 0.6) is 0 Å². The highest BCUT2D eigenvalue weighted by molar-refractivity contribution is 7.07. The molecule has 0 saturated heterocycles. The van der Waals surface area contributed by atoms with E-state index >= 15 is 0 Å². The third-order valence-electron chi connectivity index (χ3n) is 2.57. The Labute approximate surface area is 104 Å². The average molecular weight is 253 g/mol. The molecule has 0 spiro atoms. The van der Waals surface area contributed by atoms with Crippen LogP contribution in [0.1, 0.15) is 17.2 Å². The molecule has 1 N–H and O–H groups in total. The standard InChI is InChI=1S/C12H13ClN2S/c1-14-12(10-3-5-16-8-10)6-9-2-4-15-7-11(9)13/h2-5,7-8,12,14H,6H2,1H3. The fraction of sp³-hybridized carbons (Fsp3) is 0.250. The highest BCUT2D eigenvalue weighted by Gasteiger charge is 2.12. The van der Waals surface area contributed by atoms with Gasteiger partial charge in [0.1, 0.15) is 0 Å². The number of halogens is 1. The van der Waals surface area contributed by atoms with E-state index in [1.54, 1.807) is 23.7 Å². The molecule has 0 saturated carbocycles. The van der Waals surface area contributed by atoms with Gasteiger partial charge < -0.3 is 5.32 Å². The lowest BCUT2D eigenvalue weighted by atomic mass is 10.0. The first-order valence-electron chi connectivity index (χ1n) is 5.09. The van der Waals surface area contributed by atoms with Crippen molar-refractivity contribution in [1.29, 1.82) is 0 Å². The molecule has 2 aromatic heterocycles. The van der Waals surface area contributed by atoms with Crippen molar-refractivity contribution < 1.29 is 0 Å². The van der Waals surface area contributed by atoms with Crippen LogP contribution >= 0.6 is 22.9 Å². The van der Waals surface area contributed by atoms with Crippen LogP contribution in [0.3, 0.4) is 0 Å². The minimum Gasteiger partial charge on any atom is -0.313 e. The molecule has 0 aromatic carbocycles. The molecule has 2 heterocycles. The molecule has 0 aliphatic carbocycles. The van der Waals surface area contributed by atoms with E-state index in [0.717, 1.165) is 17.0 Å². The summed E-state index contributed by atoms with van der Waals surface area (Å²) in [4.78, 5) is 3.99. The molecule has 0 aliphatic rings. The molecule has 0 aliphatic heterocycles.